The number of phenolic OH excluding ortho intramolecular Hbond substituents is 1. The molecule has 0 heterocycles. The second-order valence-corrected chi connectivity index (χ2v) is 5.52. The van der Waals surface area contributed by atoms with E-state index in [1.165, 1.54) is 10.9 Å². The Morgan fingerprint density at radius 2 is 1.95 bits per heavy atom. The third-order valence-electron chi connectivity index (χ3n) is 2.86. The van der Waals surface area contributed by atoms with Crippen molar-refractivity contribution in [1.29, 1.82) is 0 Å². The summed E-state index contributed by atoms with van der Waals surface area (Å²) in [6.45, 7) is 0.827. The molecule has 1 atom stereocenters. The number of aromatic hydroxyl groups is 1. The summed E-state index contributed by atoms with van der Waals surface area (Å²) in [7, 11) is 3.98. The zero-order valence-electron chi connectivity index (χ0n) is 11.1. The minimum Gasteiger partial charge on any atom is -0.507 e. The lowest BCUT2D eigenvalue weighted by atomic mass is 10.2. The molecular formula is C15H18NO2P. The number of rotatable bonds is 5. The largest absolute Gasteiger partial charge is 0.507 e. The number of methoxy groups -OCH3 is 1. The highest BCUT2D eigenvalue weighted by molar-refractivity contribution is 7.55. The minimum absolute atomic E-state index is 0.318. The van der Waals surface area contributed by atoms with Crippen molar-refractivity contribution < 1.29 is 9.84 Å². The van der Waals surface area contributed by atoms with Crippen molar-refractivity contribution in [2.45, 2.75) is 6.54 Å². The highest BCUT2D eigenvalue weighted by Gasteiger charge is 2.07. The Hall–Kier alpha value is -1.57. The lowest BCUT2D eigenvalue weighted by molar-refractivity contribution is 0.413. The average Bonchev–Trinajstić information content (AvgIpc) is 2.43. The van der Waals surface area contributed by atoms with Crippen molar-refractivity contribution in [3.63, 3.8) is 0 Å². The quantitative estimate of drug-likeness (QED) is 0.817. The van der Waals surface area contributed by atoms with Crippen LogP contribution in [0.1, 0.15) is 5.56 Å². The molecule has 0 aliphatic heterocycles. The molecular weight excluding hydrogens is 257 g/mol. The monoisotopic (exact) mass is 275 g/mol. The second kappa shape index (κ2) is 6.55. The summed E-state index contributed by atoms with van der Waals surface area (Å²) in [5, 5.41) is 15.3. The molecule has 0 aliphatic rings. The van der Waals surface area contributed by atoms with E-state index in [0.29, 0.717) is 14.3 Å². The number of benzene rings is 2. The van der Waals surface area contributed by atoms with Crippen LogP contribution in [0, 0.1) is 0 Å². The summed E-state index contributed by atoms with van der Waals surface area (Å²) in [5.41, 5.74) is 1.26. The average molecular weight is 275 g/mol. The van der Waals surface area contributed by atoms with Gasteiger partial charge < -0.3 is 15.2 Å². The Bertz CT molecular complexity index is 558. The second-order valence-electron chi connectivity index (χ2n) is 4.20. The molecule has 0 saturated carbocycles. The van der Waals surface area contributed by atoms with Gasteiger partial charge in [-0.05, 0) is 36.1 Å². The van der Waals surface area contributed by atoms with Crippen molar-refractivity contribution in [3.05, 3.63) is 48.0 Å². The Balaban J connectivity index is 2.30. The normalized spacial score (nSPS) is 11.1. The van der Waals surface area contributed by atoms with E-state index in [2.05, 4.69) is 17.4 Å². The van der Waals surface area contributed by atoms with Crippen LogP contribution in [-0.4, -0.2) is 19.3 Å². The molecule has 0 aromatic heterocycles. The van der Waals surface area contributed by atoms with Crippen LogP contribution < -0.4 is 20.7 Å². The van der Waals surface area contributed by atoms with Crippen molar-refractivity contribution in [3.8, 4) is 11.5 Å². The van der Waals surface area contributed by atoms with Crippen molar-refractivity contribution >= 4 is 19.2 Å². The zero-order valence-corrected chi connectivity index (χ0v) is 12.1. The molecule has 0 fully saturated rings. The molecule has 2 aromatic carbocycles. The van der Waals surface area contributed by atoms with E-state index < -0.39 is 0 Å². The number of ether oxygens (including phenoxy) is 1. The van der Waals surface area contributed by atoms with Gasteiger partial charge in [-0.15, -0.1) is 0 Å². The summed E-state index contributed by atoms with van der Waals surface area (Å²) in [6, 6.07) is 13.6. The topological polar surface area (TPSA) is 41.5 Å². The van der Waals surface area contributed by atoms with Gasteiger partial charge in [0.25, 0.3) is 0 Å². The smallest absolute Gasteiger partial charge is 0.123 e. The van der Waals surface area contributed by atoms with Crippen LogP contribution in [0.4, 0.5) is 0 Å². The zero-order chi connectivity index (χ0) is 13.7. The van der Waals surface area contributed by atoms with Gasteiger partial charge in [0.15, 0.2) is 0 Å². The van der Waals surface area contributed by atoms with E-state index in [0.717, 1.165) is 17.6 Å². The molecule has 0 radical (unpaired) electrons. The fourth-order valence-corrected chi connectivity index (χ4v) is 3.10. The van der Waals surface area contributed by atoms with Gasteiger partial charge in [-0.2, -0.15) is 0 Å². The first-order valence-corrected chi connectivity index (χ1v) is 7.11. The van der Waals surface area contributed by atoms with Gasteiger partial charge in [-0.3, -0.25) is 0 Å². The predicted molar refractivity (Wildman–Crippen MR) is 81.4 cm³/mol. The van der Waals surface area contributed by atoms with Crippen LogP contribution in [0.3, 0.4) is 0 Å². The summed E-state index contributed by atoms with van der Waals surface area (Å²) in [4.78, 5) is 0. The van der Waals surface area contributed by atoms with E-state index in [-0.39, 0.29) is 0 Å². The Labute approximate surface area is 115 Å². The van der Waals surface area contributed by atoms with Gasteiger partial charge in [0.1, 0.15) is 11.5 Å². The molecule has 2 N–H and O–H groups in total. The fraction of sp³-hybridized carbons (Fsp3) is 0.200. The third kappa shape index (κ3) is 3.46. The van der Waals surface area contributed by atoms with Gasteiger partial charge in [0.05, 0.1) is 7.11 Å². The van der Waals surface area contributed by atoms with Crippen LogP contribution >= 0.6 is 8.58 Å². The highest BCUT2D eigenvalue weighted by atomic mass is 31.1. The van der Waals surface area contributed by atoms with Crippen LogP contribution in [0.5, 0.6) is 11.5 Å². The molecule has 2 aromatic rings. The van der Waals surface area contributed by atoms with Gasteiger partial charge in [-0.1, -0.05) is 32.8 Å². The molecule has 1 unspecified atom stereocenters. The Kier molecular flexibility index (Phi) is 4.78. The SMILES string of the molecule is CNCc1ccccc1Pc1cc(OC)ccc1O. The van der Waals surface area contributed by atoms with Gasteiger partial charge >= 0.3 is 0 Å². The maximum Gasteiger partial charge on any atom is 0.123 e. The van der Waals surface area contributed by atoms with Crippen molar-refractivity contribution in [2.24, 2.45) is 0 Å². The summed E-state index contributed by atoms with van der Waals surface area (Å²) in [6.07, 6.45) is 0. The summed E-state index contributed by atoms with van der Waals surface area (Å²) < 4.78 is 5.21. The molecule has 0 saturated heterocycles. The molecule has 0 spiro atoms. The Morgan fingerprint density at radius 1 is 1.16 bits per heavy atom. The van der Waals surface area contributed by atoms with Crippen LogP contribution in [0.25, 0.3) is 0 Å². The molecule has 0 amide bonds. The van der Waals surface area contributed by atoms with Gasteiger partial charge in [-0.25, -0.2) is 0 Å². The van der Waals surface area contributed by atoms with Crippen molar-refractivity contribution in [1.82, 2.24) is 5.32 Å². The highest BCUT2D eigenvalue weighted by Crippen LogP contribution is 2.23. The maximum absolute atomic E-state index is 9.95. The standard InChI is InChI=1S/C15H18NO2P/c1-16-10-11-5-3-4-6-14(11)19-15-9-12(18-2)7-8-13(15)17/h3-9,16-17,19H,10H2,1-2H3. The molecule has 0 bridgehead atoms. The number of phenols is 1. The number of hydrogen-bond acceptors (Lipinski definition) is 3. The fourth-order valence-electron chi connectivity index (χ4n) is 1.87. The van der Waals surface area contributed by atoms with E-state index >= 15 is 0 Å². The van der Waals surface area contributed by atoms with Gasteiger partial charge in [0, 0.05) is 11.8 Å². The van der Waals surface area contributed by atoms with E-state index in [1.807, 2.05) is 25.2 Å². The van der Waals surface area contributed by atoms with Crippen LogP contribution in [-0.2, 0) is 6.54 Å². The van der Waals surface area contributed by atoms with E-state index in [9.17, 15) is 5.11 Å². The first-order valence-electron chi connectivity index (χ1n) is 6.11. The third-order valence-corrected chi connectivity index (χ3v) is 4.28. The van der Waals surface area contributed by atoms with Crippen molar-refractivity contribution in [2.75, 3.05) is 14.2 Å². The maximum atomic E-state index is 9.95. The van der Waals surface area contributed by atoms with E-state index in [4.69, 9.17) is 4.74 Å². The van der Waals surface area contributed by atoms with Gasteiger partial charge in [0.2, 0.25) is 0 Å². The number of hydrogen-bond donors (Lipinski definition) is 2. The van der Waals surface area contributed by atoms with E-state index in [1.54, 1.807) is 19.2 Å². The molecule has 0 aliphatic carbocycles. The van der Waals surface area contributed by atoms with Crippen LogP contribution in [0.2, 0.25) is 0 Å². The lowest BCUT2D eigenvalue weighted by Gasteiger charge is -2.11. The molecule has 100 valence electrons. The predicted octanol–water partition coefficient (Wildman–Crippen LogP) is 1.75. The number of nitrogens with one attached hydrogen (secondary N) is 1. The minimum atomic E-state index is 0.318. The first kappa shape index (κ1) is 13.9. The van der Waals surface area contributed by atoms with Crippen LogP contribution in [0.15, 0.2) is 42.5 Å². The molecule has 2 rings (SSSR count). The molecule has 3 nitrogen and oxygen atoms in total. The molecule has 19 heavy (non-hydrogen) atoms. The first-order chi connectivity index (χ1) is 9.24. The lowest BCUT2D eigenvalue weighted by Crippen LogP contribution is -2.15. The summed E-state index contributed by atoms with van der Waals surface area (Å²) >= 11 is 0. The summed E-state index contributed by atoms with van der Waals surface area (Å²) in [5.74, 6) is 1.09. The Morgan fingerprint density at radius 3 is 2.68 bits per heavy atom. The molecule has 4 heteroatoms.